The largest absolute Gasteiger partial charge is 0.376 e. The minimum Gasteiger partial charge on any atom is -0.376 e. The maximum Gasteiger partial charge on any atom is 0.220 e. The molecule has 1 amide bonds. The first-order chi connectivity index (χ1) is 8.74. The number of hydrogen-bond donors (Lipinski definition) is 2. The predicted molar refractivity (Wildman–Crippen MR) is 71.4 cm³/mol. The van der Waals surface area contributed by atoms with Crippen molar-refractivity contribution in [3.63, 3.8) is 0 Å². The second-order valence-corrected chi connectivity index (χ2v) is 5.75. The van der Waals surface area contributed by atoms with Crippen LogP contribution in [-0.2, 0) is 9.53 Å². The van der Waals surface area contributed by atoms with Crippen molar-refractivity contribution in [3.05, 3.63) is 0 Å². The molecule has 0 unspecified atom stereocenters. The fourth-order valence-corrected chi connectivity index (χ4v) is 2.88. The molecule has 1 aliphatic heterocycles. The van der Waals surface area contributed by atoms with E-state index in [-0.39, 0.29) is 11.5 Å². The Balaban J connectivity index is 1.59. The van der Waals surface area contributed by atoms with Crippen molar-refractivity contribution >= 4 is 5.91 Å². The minimum absolute atomic E-state index is 0.0512. The lowest BCUT2D eigenvalue weighted by atomic mass is 9.80. The molecule has 4 nitrogen and oxygen atoms in total. The molecule has 1 saturated heterocycles. The first kappa shape index (κ1) is 13.8. The summed E-state index contributed by atoms with van der Waals surface area (Å²) in [6.07, 6.45) is 7.53. The Morgan fingerprint density at radius 3 is 2.67 bits per heavy atom. The monoisotopic (exact) mass is 254 g/mol. The number of hydrogen-bond acceptors (Lipinski definition) is 3. The maximum absolute atomic E-state index is 11.8. The first-order valence-corrected chi connectivity index (χ1v) is 7.27. The van der Waals surface area contributed by atoms with Crippen molar-refractivity contribution in [1.82, 2.24) is 10.6 Å². The fourth-order valence-electron chi connectivity index (χ4n) is 2.88. The van der Waals surface area contributed by atoms with Gasteiger partial charge >= 0.3 is 0 Å². The molecule has 0 aromatic heterocycles. The highest BCUT2D eigenvalue weighted by molar-refractivity contribution is 5.75. The quantitative estimate of drug-likeness (QED) is 0.754. The van der Waals surface area contributed by atoms with Crippen LogP contribution < -0.4 is 10.6 Å². The second kappa shape index (κ2) is 6.53. The zero-order chi connectivity index (χ0) is 12.8. The minimum atomic E-state index is -0.0512. The standard InChI is InChI=1S/C14H26N2O2/c1-18-14(7-2-8-14)11-16-13(17)4-3-12-5-9-15-10-6-12/h12,15H,2-11H2,1H3,(H,16,17). The molecule has 0 radical (unpaired) electrons. The zero-order valence-corrected chi connectivity index (χ0v) is 11.5. The third-order valence-electron chi connectivity index (χ3n) is 4.54. The van der Waals surface area contributed by atoms with Gasteiger partial charge in [0.25, 0.3) is 0 Å². The van der Waals surface area contributed by atoms with E-state index >= 15 is 0 Å². The molecule has 0 bridgehead atoms. The number of ether oxygens (including phenoxy) is 1. The summed E-state index contributed by atoms with van der Waals surface area (Å²) in [6.45, 7) is 2.91. The Morgan fingerprint density at radius 1 is 1.39 bits per heavy atom. The Kier molecular flexibility index (Phi) is 5.01. The number of rotatable bonds is 6. The van der Waals surface area contributed by atoms with Crippen LogP contribution >= 0.6 is 0 Å². The van der Waals surface area contributed by atoms with E-state index < -0.39 is 0 Å². The fraction of sp³-hybridized carbons (Fsp3) is 0.929. The van der Waals surface area contributed by atoms with Crippen LogP contribution in [0.4, 0.5) is 0 Å². The molecule has 1 heterocycles. The molecule has 1 aliphatic carbocycles. The van der Waals surface area contributed by atoms with Gasteiger partial charge in [-0.25, -0.2) is 0 Å². The van der Waals surface area contributed by atoms with Crippen LogP contribution in [0.5, 0.6) is 0 Å². The van der Waals surface area contributed by atoms with Crippen molar-refractivity contribution in [2.45, 2.75) is 50.5 Å². The van der Waals surface area contributed by atoms with Crippen molar-refractivity contribution in [2.24, 2.45) is 5.92 Å². The number of piperidine rings is 1. The van der Waals surface area contributed by atoms with Crippen molar-refractivity contribution < 1.29 is 9.53 Å². The van der Waals surface area contributed by atoms with Crippen molar-refractivity contribution in [1.29, 1.82) is 0 Å². The van der Waals surface area contributed by atoms with Gasteiger partial charge in [0.15, 0.2) is 0 Å². The molecular weight excluding hydrogens is 228 g/mol. The smallest absolute Gasteiger partial charge is 0.220 e. The maximum atomic E-state index is 11.8. The molecule has 4 heteroatoms. The summed E-state index contributed by atoms with van der Waals surface area (Å²) in [6, 6.07) is 0. The molecule has 0 atom stereocenters. The highest BCUT2D eigenvalue weighted by atomic mass is 16.5. The highest BCUT2D eigenvalue weighted by Gasteiger charge is 2.37. The zero-order valence-electron chi connectivity index (χ0n) is 11.5. The van der Waals surface area contributed by atoms with Gasteiger partial charge in [0.1, 0.15) is 0 Å². The molecule has 2 aliphatic rings. The molecule has 2 fully saturated rings. The SMILES string of the molecule is COC1(CNC(=O)CCC2CCNCC2)CCC1. The third-order valence-corrected chi connectivity index (χ3v) is 4.54. The van der Waals surface area contributed by atoms with Gasteiger partial charge in [-0.1, -0.05) is 0 Å². The molecule has 104 valence electrons. The molecule has 0 aromatic rings. The van der Waals surface area contributed by atoms with E-state index in [1.807, 2.05) is 0 Å². The van der Waals surface area contributed by atoms with Crippen LogP contribution in [0.15, 0.2) is 0 Å². The van der Waals surface area contributed by atoms with Gasteiger partial charge in [-0.3, -0.25) is 4.79 Å². The topological polar surface area (TPSA) is 50.4 Å². The summed E-state index contributed by atoms with van der Waals surface area (Å²) >= 11 is 0. The van der Waals surface area contributed by atoms with Crippen LogP contribution in [0.2, 0.25) is 0 Å². The number of amides is 1. The normalized spacial score (nSPS) is 23.4. The van der Waals surface area contributed by atoms with E-state index in [0.29, 0.717) is 13.0 Å². The third kappa shape index (κ3) is 3.69. The average Bonchev–Trinajstić information content (AvgIpc) is 2.37. The van der Waals surface area contributed by atoms with Gasteiger partial charge in [0.05, 0.1) is 5.60 Å². The number of carbonyl (C=O) groups excluding carboxylic acids is 1. The Hall–Kier alpha value is -0.610. The van der Waals surface area contributed by atoms with Gasteiger partial charge in [0, 0.05) is 20.1 Å². The average molecular weight is 254 g/mol. The highest BCUT2D eigenvalue weighted by Crippen LogP contribution is 2.34. The van der Waals surface area contributed by atoms with Crippen molar-refractivity contribution in [3.8, 4) is 0 Å². The number of methoxy groups -OCH3 is 1. The molecular formula is C14H26N2O2. The van der Waals surface area contributed by atoms with Gasteiger partial charge in [-0.2, -0.15) is 0 Å². The van der Waals surface area contributed by atoms with Gasteiger partial charge in [-0.15, -0.1) is 0 Å². The van der Waals surface area contributed by atoms with E-state index in [1.165, 1.54) is 19.3 Å². The van der Waals surface area contributed by atoms with Gasteiger partial charge in [-0.05, 0) is 57.5 Å². The summed E-state index contributed by atoms with van der Waals surface area (Å²) in [4.78, 5) is 11.8. The lowest BCUT2D eigenvalue weighted by Gasteiger charge is -2.40. The molecule has 0 aromatic carbocycles. The summed E-state index contributed by atoms with van der Waals surface area (Å²) in [5.41, 5.74) is -0.0512. The van der Waals surface area contributed by atoms with E-state index in [0.717, 1.165) is 38.3 Å². The molecule has 2 rings (SSSR count). The predicted octanol–water partition coefficient (Wildman–Crippen LogP) is 1.45. The Bertz CT molecular complexity index is 265. The van der Waals surface area contributed by atoms with Crippen molar-refractivity contribution in [2.75, 3.05) is 26.7 Å². The number of nitrogens with one attached hydrogen (secondary N) is 2. The van der Waals surface area contributed by atoms with E-state index in [2.05, 4.69) is 10.6 Å². The van der Waals surface area contributed by atoms with E-state index in [4.69, 9.17) is 4.74 Å². The van der Waals surface area contributed by atoms with Crippen LogP contribution in [0.3, 0.4) is 0 Å². The van der Waals surface area contributed by atoms with Crippen LogP contribution in [-0.4, -0.2) is 38.3 Å². The van der Waals surface area contributed by atoms with E-state index in [9.17, 15) is 4.79 Å². The van der Waals surface area contributed by atoms with Gasteiger partial charge < -0.3 is 15.4 Å². The van der Waals surface area contributed by atoms with Crippen LogP contribution in [0.25, 0.3) is 0 Å². The lowest BCUT2D eigenvalue weighted by molar-refractivity contribution is -0.125. The second-order valence-electron chi connectivity index (χ2n) is 5.75. The summed E-state index contributed by atoms with van der Waals surface area (Å²) in [5, 5.41) is 6.39. The summed E-state index contributed by atoms with van der Waals surface area (Å²) in [5.74, 6) is 0.925. The first-order valence-electron chi connectivity index (χ1n) is 7.27. The Morgan fingerprint density at radius 2 is 2.11 bits per heavy atom. The number of carbonyl (C=O) groups is 1. The molecule has 0 spiro atoms. The van der Waals surface area contributed by atoms with Crippen LogP contribution in [0, 0.1) is 5.92 Å². The Labute approximate surface area is 110 Å². The van der Waals surface area contributed by atoms with E-state index in [1.54, 1.807) is 7.11 Å². The summed E-state index contributed by atoms with van der Waals surface area (Å²) < 4.78 is 5.50. The lowest BCUT2D eigenvalue weighted by Crippen LogP contribution is -2.49. The molecule has 2 N–H and O–H groups in total. The molecule has 18 heavy (non-hydrogen) atoms. The summed E-state index contributed by atoms with van der Waals surface area (Å²) in [7, 11) is 1.75. The molecule has 1 saturated carbocycles. The van der Waals surface area contributed by atoms with Gasteiger partial charge in [0.2, 0.25) is 5.91 Å². The van der Waals surface area contributed by atoms with Crippen LogP contribution in [0.1, 0.15) is 44.9 Å².